The van der Waals surface area contributed by atoms with Gasteiger partial charge in [0.1, 0.15) is 0 Å². The molecule has 1 fully saturated rings. The zero-order valence-electron chi connectivity index (χ0n) is 10.6. The van der Waals surface area contributed by atoms with E-state index in [9.17, 15) is 0 Å². The summed E-state index contributed by atoms with van der Waals surface area (Å²) >= 11 is 0. The molecule has 0 amide bonds. The molecule has 1 heterocycles. The van der Waals surface area contributed by atoms with E-state index in [1.165, 1.54) is 5.56 Å². The van der Waals surface area contributed by atoms with Gasteiger partial charge in [0.15, 0.2) is 0 Å². The summed E-state index contributed by atoms with van der Waals surface area (Å²) in [5.41, 5.74) is 1.11. The lowest BCUT2D eigenvalue weighted by molar-refractivity contribution is -0.0816. The predicted molar refractivity (Wildman–Crippen MR) is 67.6 cm³/mol. The SMILES string of the molecule is CC1(C)C[C@](CC#N)(c2ccccc2)CCO1. The highest BCUT2D eigenvalue weighted by molar-refractivity contribution is 5.28. The van der Waals surface area contributed by atoms with Crippen molar-refractivity contribution in [3.8, 4) is 6.07 Å². The molecule has 1 saturated heterocycles. The van der Waals surface area contributed by atoms with Crippen LogP contribution in [-0.4, -0.2) is 12.2 Å². The van der Waals surface area contributed by atoms with Gasteiger partial charge in [0, 0.05) is 18.4 Å². The van der Waals surface area contributed by atoms with E-state index in [-0.39, 0.29) is 11.0 Å². The van der Waals surface area contributed by atoms with Crippen LogP contribution in [-0.2, 0) is 10.2 Å². The minimum atomic E-state index is -0.134. The van der Waals surface area contributed by atoms with E-state index in [1.807, 2.05) is 6.07 Å². The third kappa shape index (κ3) is 2.50. The van der Waals surface area contributed by atoms with Crippen LogP contribution in [0.2, 0.25) is 0 Å². The Hall–Kier alpha value is -1.33. The molecule has 0 spiro atoms. The summed E-state index contributed by atoms with van der Waals surface area (Å²) in [7, 11) is 0. The molecule has 1 aliphatic heterocycles. The zero-order valence-corrected chi connectivity index (χ0v) is 10.6. The maximum absolute atomic E-state index is 9.12. The number of hydrogen-bond donors (Lipinski definition) is 0. The van der Waals surface area contributed by atoms with Gasteiger partial charge >= 0.3 is 0 Å². The van der Waals surface area contributed by atoms with Crippen LogP contribution in [0, 0.1) is 11.3 Å². The molecule has 0 aromatic heterocycles. The summed E-state index contributed by atoms with van der Waals surface area (Å²) in [6, 6.07) is 12.8. The van der Waals surface area contributed by atoms with E-state index < -0.39 is 0 Å². The highest BCUT2D eigenvalue weighted by Crippen LogP contribution is 2.43. The van der Waals surface area contributed by atoms with Gasteiger partial charge in [-0.1, -0.05) is 30.3 Å². The van der Waals surface area contributed by atoms with Gasteiger partial charge < -0.3 is 4.74 Å². The lowest BCUT2D eigenvalue weighted by Gasteiger charge is -2.44. The maximum Gasteiger partial charge on any atom is 0.0635 e. The summed E-state index contributed by atoms with van der Waals surface area (Å²) in [6.07, 6.45) is 2.43. The number of benzene rings is 1. The van der Waals surface area contributed by atoms with Gasteiger partial charge in [0.2, 0.25) is 0 Å². The molecule has 2 heteroatoms. The topological polar surface area (TPSA) is 33.0 Å². The van der Waals surface area contributed by atoms with E-state index in [0.717, 1.165) is 19.4 Å². The monoisotopic (exact) mass is 229 g/mol. The lowest BCUT2D eigenvalue weighted by atomic mass is 9.67. The van der Waals surface area contributed by atoms with Crippen molar-refractivity contribution in [2.45, 2.75) is 44.1 Å². The number of ether oxygens (including phenoxy) is 1. The highest BCUT2D eigenvalue weighted by atomic mass is 16.5. The number of hydrogen-bond acceptors (Lipinski definition) is 2. The first-order chi connectivity index (χ1) is 8.08. The fourth-order valence-corrected chi connectivity index (χ4v) is 2.92. The van der Waals surface area contributed by atoms with E-state index in [1.54, 1.807) is 0 Å². The van der Waals surface area contributed by atoms with E-state index in [0.29, 0.717) is 6.42 Å². The fourth-order valence-electron chi connectivity index (χ4n) is 2.92. The van der Waals surface area contributed by atoms with Crippen LogP contribution in [0.3, 0.4) is 0 Å². The zero-order chi connectivity index (χ0) is 12.4. The number of nitriles is 1. The van der Waals surface area contributed by atoms with Gasteiger partial charge in [0.05, 0.1) is 11.7 Å². The smallest absolute Gasteiger partial charge is 0.0635 e. The van der Waals surface area contributed by atoms with Crippen molar-refractivity contribution in [1.29, 1.82) is 5.26 Å². The third-order valence-corrected chi connectivity index (χ3v) is 3.64. The molecule has 2 nitrogen and oxygen atoms in total. The molecule has 0 N–H and O–H groups in total. The number of nitrogens with zero attached hydrogens (tertiary/aromatic N) is 1. The molecular formula is C15H19NO. The summed E-state index contributed by atoms with van der Waals surface area (Å²) in [6.45, 7) is 4.96. The van der Waals surface area contributed by atoms with Gasteiger partial charge in [-0.15, -0.1) is 0 Å². The van der Waals surface area contributed by atoms with Crippen LogP contribution in [0.15, 0.2) is 30.3 Å². The van der Waals surface area contributed by atoms with Gasteiger partial charge in [-0.25, -0.2) is 0 Å². The largest absolute Gasteiger partial charge is 0.376 e. The van der Waals surface area contributed by atoms with Crippen molar-refractivity contribution < 1.29 is 4.74 Å². The van der Waals surface area contributed by atoms with Crippen molar-refractivity contribution in [2.24, 2.45) is 0 Å². The van der Waals surface area contributed by atoms with Crippen LogP contribution >= 0.6 is 0 Å². The first-order valence-corrected chi connectivity index (χ1v) is 6.14. The molecular weight excluding hydrogens is 210 g/mol. The van der Waals surface area contributed by atoms with Gasteiger partial charge in [0.25, 0.3) is 0 Å². The first-order valence-electron chi connectivity index (χ1n) is 6.14. The standard InChI is InChI=1S/C15H19NO/c1-14(2)12-15(8-10-16,9-11-17-14)13-6-4-3-5-7-13/h3-7H,8-9,11-12H2,1-2H3/t15-/m1/s1. The molecule has 0 aliphatic carbocycles. The second-order valence-corrected chi connectivity index (χ2v) is 5.52. The molecule has 17 heavy (non-hydrogen) atoms. The molecule has 1 aliphatic rings. The van der Waals surface area contributed by atoms with Crippen molar-refractivity contribution in [1.82, 2.24) is 0 Å². The Kier molecular flexibility index (Phi) is 3.22. The Morgan fingerprint density at radius 3 is 2.59 bits per heavy atom. The summed E-state index contributed by atoms with van der Waals surface area (Å²) in [5, 5.41) is 9.12. The molecule has 0 bridgehead atoms. The van der Waals surface area contributed by atoms with Crippen LogP contribution < -0.4 is 0 Å². The Morgan fingerprint density at radius 2 is 2.00 bits per heavy atom. The molecule has 1 aromatic carbocycles. The Balaban J connectivity index is 2.37. The second kappa shape index (κ2) is 4.50. The Morgan fingerprint density at radius 1 is 1.29 bits per heavy atom. The third-order valence-electron chi connectivity index (χ3n) is 3.64. The second-order valence-electron chi connectivity index (χ2n) is 5.52. The van der Waals surface area contributed by atoms with E-state index >= 15 is 0 Å². The minimum Gasteiger partial charge on any atom is -0.376 e. The number of rotatable bonds is 2. The maximum atomic E-state index is 9.12. The van der Waals surface area contributed by atoms with Crippen LogP contribution in [0.5, 0.6) is 0 Å². The molecule has 1 atom stereocenters. The lowest BCUT2D eigenvalue weighted by Crippen LogP contribution is -2.43. The Labute approximate surface area is 103 Å². The summed E-state index contributed by atoms with van der Waals surface area (Å²) in [5.74, 6) is 0. The normalized spacial score (nSPS) is 27.4. The van der Waals surface area contributed by atoms with Crippen molar-refractivity contribution in [2.75, 3.05) is 6.61 Å². The van der Waals surface area contributed by atoms with Crippen molar-refractivity contribution in [3.05, 3.63) is 35.9 Å². The van der Waals surface area contributed by atoms with Crippen LogP contribution in [0.25, 0.3) is 0 Å². The molecule has 0 radical (unpaired) electrons. The van der Waals surface area contributed by atoms with E-state index in [4.69, 9.17) is 10.00 Å². The summed E-state index contributed by atoms with van der Waals surface area (Å²) in [4.78, 5) is 0. The van der Waals surface area contributed by atoms with Crippen molar-refractivity contribution >= 4 is 0 Å². The average Bonchev–Trinajstić information content (AvgIpc) is 2.29. The molecule has 2 rings (SSSR count). The van der Waals surface area contributed by atoms with Crippen molar-refractivity contribution in [3.63, 3.8) is 0 Å². The van der Waals surface area contributed by atoms with Gasteiger partial charge in [-0.05, 0) is 32.3 Å². The molecule has 1 aromatic rings. The van der Waals surface area contributed by atoms with Crippen LogP contribution in [0.1, 0.15) is 38.7 Å². The fraction of sp³-hybridized carbons (Fsp3) is 0.533. The molecule has 0 unspecified atom stereocenters. The summed E-state index contributed by atoms with van der Waals surface area (Å²) < 4.78 is 5.78. The van der Waals surface area contributed by atoms with Crippen LogP contribution in [0.4, 0.5) is 0 Å². The quantitative estimate of drug-likeness (QED) is 0.778. The van der Waals surface area contributed by atoms with Gasteiger partial charge in [-0.2, -0.15) is 5.26 Å². The first kappa shape index (κ1) is 12.1. The average molecular weight is 229 g/mol. The molecule has 90 valence electrons. The molecule has 0 saturated carbocycles. The predicted octanol–water partition coefficient (Wildman–Crippen LogP) is 3.43. The highest BCUT2D eigenvalue weighted by Gasteiger charge is 2.41. The van der Waals surface area contributed by atoms with E-state index in [2.05, 4.69) is 44.2 Å². The van der Waals surface area contributed by atoms with Gasteiger partial charge in [-0.3, -0.25) is 0 Å². The minimum absolute atomic E-state index is 0.0300. The Bertz CT molecular complexity index is 418.